The van der Waals surface area contributed by atoms with Crippen LogP contribution in [0.1, 0.15) is 51.2 Å². The molecule has 0 saturated carbocycles. The summed E-state index contributed by atoms with van der Waals surface area (Å²) >= 11 is 0. The molecule has 32 heavy (non-hydrogen) atoms. The summed E-state index contributed by atoms with van der Waals surface area (Å²) in [6.07, 6.45) is 1.53. The zero-order chi connectivity index (χ0) is 23.9. The van der Waals surface area contributed by atoms with Crippen LogP contribution in [0.2, 0.25) is 0 Å². The smallest absolute Gasteiger partial charge is 0.407 e. The maximum absolute atomic E-state index is 12.5. The van der Waals surface area contributed by atoms with Gasteiger partial charge in [0.15, 0.2) is 0 Å². The number of ether oxygens (including phenoxy) is 1. The molecule has 1 atom stereocenters. The maximum Gasteiger partial charge on any atom is 0.407 e. The van der Waals surface area contributed by atoms with Crippen LogP contribution >= 0.6 is 0 Å². The van der Waals surface area contributed by atoms with Gasteiger partial charge in [0.2, 0.25) is 5.91 Å². The normalized spacial score (nSPS) is 12.2. The first-order valence-electron chi connectivity index (χ1n) is 11.0. The molecule has 7 heteroatoms. The summed E-state index contributed by atoms with van der Waals surface area (Å²) in [6.45, 7) is 9.87. The number of alkyl carbamates (subject to hydrolysis) is 1. The predicted octanol–water partition coefficient (Wildman–Crippen LogP) is 4.51. The quantitative estimate of drug-likeness (QED) is 0.355. The van der Waals surface area contributed by atoms with Crippen molar-refractivity contribution >= 4 is 23.4 Å². The van der Waals surface area contributed by atoms with Crippen molar-refractivity contribution in [3.05, 3.63) is 47.5 Å². The first kappa shape index (κ1) is 25.2. The number of rotatable bonds is 8. The lowest BCUT2D eigenvalue weighted by atomic mass is 10.00. The Morgan fingerprint density at radius 1 is 1.00 bits per heavy atom. The fourth-order valence-corrected chi connectivity index (χ4v) is 3.19. The first-order valence-corrected chi connectivity index (χ1v) is 11.0. The van der Waals surface area contributed by atoms with Crippen LogP contribution in [0.15, 0.2) is 36.4 Å². The van der Waals surface area contributed by atoms with Crippen LogP contribution in [0.25, 0.3) is 11.1 Å². The van der Waals surface area contributed by atoms with Crippen LogP contribution in [0.4, 0.5) is 16.2 Å². The van der Waals surface area contributed by atoms with Gasteiger partial charge in [-0.15, -0.1) is 0 Å². The number of carbonyl (C=O) groups excluding carboxylic acids is 2. The molecule has 6 N–H and O–H groups in total. The number of nitrogen functional groups attached to an aromatic ring is 1. The highest BCUT2D eigenvalue weighted by atomic mass is 16.6. The van der Waals surface area contributed by atoms with Crippen molar-refractivity contribution in [2.75, 3.05) is 17.6 Å². The molecule has 2 aromatic rings. The SMILES string of the molecule is Cc1cc(-c2ccc(NC(=O)[C@@H](N)CCCCNC(=O)OC(C)(C)C)c(C)c2)ccc1N. The minimum Gasteiger partial charge on any atom is -0.444 e. The van der Waals surface area contributed by atoms with Crippen LogP contribution in [-0.2, 0) is 9.53 Å². The van der Waals surface area contributed by atoms with Crippen LogP contribution in [-0.4, -0.2) is 30.2 Å². The number of benzene rings is 2. The second-order valence-electron chi connectivity index (χ2n) is 9.12. The Morgan fingerprint density at radius 2 is 1.62 bits per heavy atom. The second-order valence-corrected chi connectivity index (χ2v) is 9.12. The van der Waals surface area contributed by atoms with Gasteiger partial charge in [0.1, 0.15) is 5.60 Å². The highest BCUT2D eigenvalue weighted by Gasteiger charge is 2.16. The average molecular weight is 441 g/mol. The van der Waals surface area contributed by atoms with Crippen LogP contribution in [0.3, 0.4) is 0 Å². The summed E-state index contributed by atoms with van der Waals surface area (Å²) in [4.78, 5) is 24.1. The average Bonchev–Trinajstić information content (AvgIpc) is 2.69. The van der Waals surface area contributed by atoms with E-state index in [0.717, 1.165) is 46.5 Å². The van der Waals surface area contributed by atoms with Gasteiger partial charge in [-0.1, -0.05) is 12.1 Å². The van der Waals surface area contributed by atoms with Crippen molar-refractivity contribution in [2.24, 2.45) is 5.73 Å². The van der Waals surface area contributed by atoms with Gasteiger partial charge < -0.3 is 26.8 Å². The number of hydrogen-bond donors (Lipinski definition) is 4. The molecule has 2 amide bonds. The Hall–Kier alpha value is -3.06. The van der Waals surface area contributed by atoms with Crippen molar-refractivity contribution in [2.45, 2.75) is 65.5 Å². The zero-order valence-electron chi connectivity index (χ0n) is 19.7. The minimum absolute atomic E-state index is 0.218. The molecule has 0 heterocycles. The third kappa shape index (κ3) is 7.89. The number of nitrogens with two attached hydrogens (primary N) is 2. The van der Waals surface area contributed by atoms with E-state index in [0.29, 0.717) is 13.0 Å². The van der Waals surface area contributed by atoms with Gasteiger partial charge in [-0.2, -0.15) is 0 Å². The summed E-state index contributed by atoms with van der Waals surface area (Å²) in [5, 5.41) is 5.63. The van der Waals surface area contributed by atoms with Crippen LogP contribution in [0, 0.1) is 13.8 Å². The summed E-state index contributed by atoms with van der Waals surface area (Å²) in [5.41, 5.74) is 17.1. The first-order chi connectivity index (χ1) is 15.0. The monoisotopic (exact) mass is 440 g/mol. The third-order valence-corrected chi connectivity index (χ3v) is 5.03. The van der Waals surface area contributed by atoms with Crippen molar-refractivity contribution in [3.63, 3.8) is 0 Å². The molecule has 7 nitrogen and oxygen atoms in total. The van der Waals surface area contributed by atoms with Crippen molar-refractivity contribution < 1.29 is 14.3 Å². The number of anilines is 2. The van der Waals surface area contributed by atoms with Crippen molar-refractivity contribution in [1.29, 1.82) is 0 Å². The number of aryl methyl sites for hydroxylation is 2. The predicted molar refractivity (Wildman–Crippen MR) is 130 cm³/mol. The molecule has 0 aliphatic rings. The number of amides is 2. The largest absolute Gasteiger partial charge is 0.444 e. The lowest BCUT2D eigenvalue weighted by Gasteiger charge is -2.19. The standard InChI is InChI=1S/C25H36N4O3/c1-16-14-18(9-11-20(16)26)19-10-12-22(17(2)15-19)29-23(30)21(27)8-6-7-13-28-24(31)32-25(3,4)5/h9-12,14-15,21H,6-8,13,26-27H2,1-5H3,(H,28,31)(H,29,30)/t21-/m0/s1. The molecule has 0 aromatic heterocycles. The summed E-state index contributed by atoms with van der Waals surface area (Å²) in [6, 6.07) is 11.2. The molecule has 0 radical (unpaired) electrons. The van der Waals surface area contributed by atoms with Crippen molar-refractivity contribution in [1.82, 2.24) is 5.32 Å². The molecule has 0 aliphatic heterocycles. The molecule has 174 valence electrons. The maximum atomic E-state index is 12.5. The number of unbranched alkanes of at least 4 members (excludes halogenated alkanes) is 1. The van der Waals surface area contributed by atoms with Gasteiger partial charge in [-0.25, -0.2) is 4.79 Å². The van der Waals surface area contributed by atoms with Gasteiger partial charge in [-0.3, -0.25) is 4.79 Å². The van der Waals surface area contributed by atoms with E-state index in [2.05, 4.69) is 16.7 Å². The van der Waals surface area contributed by atoms with Crippen LogP contribution in [0.5, 0.6) is 0 Å². The Kier molecular flexibility index (Phi) is 8.66. The van der Waals surface area contributed by atoms with E-state index in [1.54, 1.807) is 0 Å². The van der Waals surface area contributed by atoms with E-state index < -0.39 is 17.7 Å². The Balaban J connectivity index is 1.81. The van der Waals surface area contributed by atoms with Gasteiger partial charge in [-0.05, 0) is 100 Å². The number of hydrogen-bond acceptors (Lipinski definition) is 5. The summed E-state index contributed by atoms with van der Waals surface area (Å²) in [7, 11) is 0. The fourth-order valence-electron chi connectivity index (χ4n) is 3.19. The van der Waals surface area contributed by atoms with Crippen molar-refractivity contribution in [3.8, 4) is 11.1 Å². The van der Waals surface area contributed by atoms with Gasteiger partial charge in [0.05, 0.1) is 6.04 Å². The molecular weight excluding hydrogens is 404 g/mol. The zero-order valence-corrected chi connectivity index (χ0v) is 19.7. The van der Waals surface area contributed by atoms with Gasteiger partial charge in [0.25, 0.3) is 0 Å². The molecule has 0 saturated heterocycles. The number of nitrogens with one attached hydrogen (secondary N) is 2. The van der Waals surface area contributed by atoms with Gasteiger partial charge in [0, 0.05) is 17.9 Å². The van der Waals surface area contributed by atoms with E-state index in [1.807, 2.05) is 65.0 Å². The molecule has 0 spiro atoms. The molecule has 0 unspecified atom stereocenters. The van der Waals surface area contributed by atoms with E-state index in [-0.39, 0.29) is 5.91 Å². The third-order valence-electron chi connectivity index (χ3n) is 5.03. The van der Waals surface area contributed by atoms with Crippen LogP contribution < -0.4 is 22.1 Å². The fraction of sp³-hybridized carbons (Fsp3) is 0.440. The molecule has 2 rings (SSSR count). The molecule has 0 bridgehead atoms. The van der Waals surface area contributed by atoms with E-state index in [1.165, 1.54) is 0 Å². The Labute approximate surface area is 190 Å². The minimum atomic E-state index is -0.615. The Morgan fingerprint density at radius 3 is 2.22 bits per heavy atom. The molecule has 0 aliphatic carbocycles. The lowest BCUT2D eigenvalue weighted by molar-refractivity contribution is -0.117. The molecular formula is C25H36N4O3. The topological polar surface area (TPSA) is 119 Å². The van der Waals surface area contributed by atoms with E-state index in [9.17, 15) is 9.59 Å². The Bertz CT molecular complexity index is 951. The molecule has 0 fully saturated rings. The second kappa shape index (κ2) is 11.0. The lowest BCUT2D eigenvalue weighted by Crippen LogP contribution is -2.36. The van der Waals surface area contributed by atoms with Gasteiger partial charge >= 0.3 is 6.09 Å². The molecule has 2 aromatic carbocycles. The summed E-state index contributed by atoms with van der Waals surface area (Å²) in [5.74, 6) is -0.218. The highest BCUT2D eigenvalue weighted by molar-refractivity contribution is 5.95. The highest BCUT2D eigenvalue weighted by Crippen LogP contribution is 2.27. The van der Waals surface area contributed by atoms with E-state index >= 15 is 0 Å². The summed E-state index contributed by atoms with van der Waals surface area (Å²) < 4.78 is 5.18. The van der Waals surface area contributed by atoms with E-state index in [4.69, 9.17) is 16.2 Å². The number of carbonyl (C=O) groups is 2.